The SMILES string of the molecule is Cc1cc(/C=C/c2cc(Br)ccc2O)n2c1C(c1ccc(N)cc1)=C1C=CC=[N+]1[B-]2(F)F. The van der Waals surface area contributed by atoms with Crippen LogP contribution in [0.2, 0.25) is 0 Å². The van der Waals surface area contributed by atoms with Gasteiger partial charge in [0.2, 0.25) is 0 Å². The summed E-state index contributed by atoms with van der Waals surface area (Å²) in [4.78, 5) is 0. The summed E-state index contributed by atoms with van der Waals surface area (Å²) in [5.41, 5.74) is 10.6. The molecule has 2 aliphatic heterocycles. The first kappa shape index (κ1) is 20.5. The number of allylic oxidation sites excluding steroid dienone is 2. The van der Waals surface area contributed by atoms with Gasteiger partial charge in [-0.05, 0) is 66.6 Å². The van der Waals surface area contributed by atoms with Gasteiger partial charge in [-0.25, -0.2) is 0 Å². The normalized spacial score (nSPS) is 16.4. The quantitative estimate of drug-likeness (QED) is 0.365. The Labute approximate surface area is 192 Å². The Morgan fingerprint density at radius 3 is 2.59 bits per heavy atom. The van der Waals surface area contributed by atoms with Crippen molar-refractivity contribution in [1.29, 1.82) is 0 Å². The molecule has 0 atom stereocenters. The molecule has 1 aromatic heterocycles. The monoisotopic (exact) mass is 493 g/mol. The van der Waals surface area contributed by atoms with Crippen molar-refractivity contribution in [2.45, 2.75) is 6.92 Å². The Morgan fingerprint density at radius 1 is 1.09 bits per heavy atom. The Morgan fingerprint density at radius 2 is 1.84 bits per heavy atom. The Kier molecular flexibility index (Phi) is 4.71. The van der Waals surface area contributed by atoms with E-state index in [0.29, 0.717) is 28.3 Å². The highest BCUT2D eigenvalue weighted by Crippen LogP contribution is 2.42. The van der Waals surface area contributed by atoms with Crippen molar-refractivity contribution < 1.29 is 18.2 Å². The number of hydrogen-bond acceptors (Lipinski definition) is 2. The van der Waals surface area contributed by atoms with Crippen LogP contribution in [0.5, 0.6) is 5.75 Å². The molecule has 8 heteroatoms. The first-order chi connectivity index (χ1) is 15.3. The molecule has 0 spiro atoms. The number of fused-ring (bicyclic) bond motifs is 2. The number of nitrogens with two attached hydrogens (primary N) is 1. The smallest absolute Gasteiger partial charge is 0.507 e. The minimum Gasteiger partial charge on any atom is -0.507 e. The van der Waals surface area contributed by atoms with Crippen LogP contribution in [0, 0.1) is 6.92 Å². The van der Waals surface area contributed by atoms with E-state index in [9.17, 15) is 5.11 Å². The van der Waals surface area contributed by atoms with Gasteiger partial charge >= 0.3 is 6.97 Å². The number of aromatic hydroxyl groups is 1. The number of phenolic OH excluding ortho intramolecular Hbond substituents is 1. The van der Waals surface area contributed by atoms with E-state index in [1.54, 1.807) is 60.7 Å². The molecule has 0 saturated heterocycles. The lowest BCUT2D eigenvalue weighted by atomic mass is 9.85. The maximum atomic E-state index is 15.8. The van der Waals surface area contributed by atoms with Gasteiger partial charge in [-0.1, -0.05) is 28.1 Å². The van der Waals surface area contributed by atoms with Crippen molar-refractivity contribution in [2.75, 3.05) is 5.73 Å². The molecule has 3 heterocycles. The summed E-state index contributed by atoms with van der Waals surface area (Å²) in [5, 5.41) is 10.1. The molecule has 5 rings (SSSR count). The third-order valence-corrected chi connectivity index (χ3v) is 6.29. The average molecular weight is 494 g/mol. The summed E-state index contributed by atoms with van der Waals surface area (Å²) in [7, 11) is 0. The number of benzene rings is 2. The van der Waals surface area contributed by atoms with Crippen LogP contribution in [0.3, 0.4) is 0 Å². The van der Waals surface area contributed by atoms with Crippen LogP contribution < -0.4 is 5.73 Å². The molecule has 4 nitrogen and oxygen atoms in total. The molecule has 0 unspecified atom stereocenters. The predicted molar refractivity (Wildman–Crippen MR) is 130 cm³/mol. The fourth-order valence-corrected chi connectivity index (χ4v) is 4.73. The van der Waals surface area contributed by atoms with Crippen molar-refractivity contribution in [2.24, 2.45) is 0 Å². The minimum absolute atomic E-state index is 0.0747. The Bertz CT molecular complexity index is 1380. The van der Waals surface area contributed by atoms with Gasteiger partial charge in [0.1, 0.15) is 12.0 Å². The van der Waals surface area contributed by atoms with E-state index in [0.717, 1.165) is 30.1 Å². The van der Waals surface area contributed by atoms with Gasteiger partial charge in [-0.15, -0.1) is 0 Å². The van der Waals surface area contributed by atoms with Crippen molar-refractivity contribution in [1.82, 2.24) is 4.48 Å². The zero-order valence-corrected chi connectivity index (χ0v) is 18.7. The lowest BCUT2D eigenvalue weighted by Gasteiger charge is -2.32. The average Bonchev–Trinajstić information content (AvgIpc) is 3.37. The maximum absolute atomic E-state index is 15.8. The number of phenols is 1. The summed E-state index contributed by atoms with van der Waals surface area (Å²) in [5.74, 6) is 0.0747. The summed E-state index contributed by atoms with van der Waals surface area (Å²) < 4.78 is 34.5. The lowest BCUT2D eigenvalue weighted by Crippen LogP contribution is -2.50. The van der Waals surface area contributed by atoms with E-state index in [1.165, 1.54) is 6.21 Å². The molecular formula is C24H19BBrF2N3O. The molecule has 0 amide bonds. The molecule has 0 aliphatic carbocycles. The van der Waals surface area contributed by atoms with Crippen molar-refractivity contribution in [3.63, 3.8) is 0 Å². The van der Waals surface area contributed by atoms with Crippen LogP contribution in [0.1, 0.15) is 28.1 Å². The fourth-order valence-electron chi connectivity index (χ4n) is 4.35. The van der Waals surface area contributed by atoms with Crippen LogP contribution >= 0.6 is 15.9 Å². The van der Waals surface area contributed by atoms with E-state index in [-0.39, 0.29) is 5.75 Å². The van der Waals surface area contributed by atoms with Gasteiger partial charge in [0.05, 0.1) is 5.57 Å². The van der Waals surface area contributed by atoms with E-state index >= 15 is 8.63 Å². The van der Waals surface area contributed by atoms with E-state index in [2.05, 4.69) is 15.9 Å². The largest absolute Gasteiger partial charge is 0.737 e. The highest BCUT2D eigenvalue weighted by atomic mass is 79.9. The number of aryl methyl sites for hydroxylation is 1. The second-order valence-electron chi connectivity index (χ2n) is 7.89. The number of hydrogen-bond donors (Lipinski definition) is 2. The molecule has 160 valence electrons. The minimum atomic E-state index is -4.11. The summed E-state index contributed by atoms with van der Waals surface area (Å²) >= 11 is 3.37. The lowest BCUT2D eigenvalue weighted by molar-refractivity contribution is -0.356. The molecule has 0 bridgehead atoms. The second-order valence-corrected chi connectivity index (χ2v) is 8.81. The summed E-state index contributed by atoms with van der Waals surface area (Å²) in [6, 6.07) is 14.0. The maximum Gasteiger partial charge on any atom is 0.737 e. The van der Waals surface area contributed by atoms with E-state index < -0.39 is 6.97 Å². The fraction of sp³-hybridized carbons (Fsp3) is 0.0417. The number of halogens is 3. The number of rotatable bonds is 3. The molecule has 2 aliphatic rings. The highest BCUT2D eigenvalue weighted by Gasteiger charge is 2.53. The second kappa shape index (κ2) is 7.34. The molecule has 2 aromatic carbocycles. The van der Waals surface area contributed by atoms with E-state index in [1.807, 2.05) is 19.1 Å². The molecule has 0 radical (unpaired) electrons. The molecule has 3 aromatic rings. The first-order valence-electron chi connectivity index (χ1n) is 10.1. The zero-order valence-electron chi connectivity index (χ0n) is 17.1. The predicted octanol–water partition coefficient (Wildman–Crippen LogP) is 5.67. The highest BCUT2D eigenvalue weighted by molar-refractivity contribution is 9.10. The molecule has 3 N–H and O–H groups in total. The molecule has 0 fully saturated rings. The van der Waals surface area contributed by atoms with Crippen LogP contribution in [-0.2, 0) is 0 Å². The first-order valence-corrected chi connectivity index (χ1v) is 10.9. The van der Waals surface area contributed by atoms with Crippen LogP contribution in [-0.4, -0.2) is 27.3 Å². The standard InChI is InChI=1S/C24H19BBrF2N3O/c1-15-13-20(10-6-17-14-18(26)7-11-22(17)32)31-24(15)23(16-4-8-19(29)9-5-16)21-3-2-12-30(21)25(31,27)28/h2-14,32H,29H2,1H3/b10-6+. The third-order valence-electron chi connectivity index (χ3n) is 5.80. The van der Waals surface area contributed by atoms with Gasteiger partial charge in [0.25, 0.3) is 0 Å². The molecule has 0 saturated carbocycles. The molecule has 32 heavy (non-hydrogen) atoms. The van der Waals surface area contributed by atoms with Crippen molar-refractivity contribution in [3.05, 3.63) is 98.9 Å². The van der Waals surface area contributed by atoms with Crippen LogP contribution in [0.15, 0.2) is 70.9 Å². The van der Waals surface area contributed by atoms with Gasteiger partial charge < -0.3 is 28.4 Å². The number of nitrogens with zero attached hydrogens (tertiary/aromatic N) is 2. The number of anilines is 1. The Hall–Kier alpha value is -3.39. The molecular weight excluding hydrogens is 475 g/mol. The van der Waals surface area contributed by atoms with Gasteiger partial charge in [-0.3, -0.25) is 0 Å². The number of aromatic nitrogens is 1. The van der Waals surface area contributed by atoms with Gasteiger partial charge in [0, 0.05) is 39.3 Å². The number of nitrogen functional groups attached to an aromatic ring is 1. The van der Waals surface area contributed by atoms with Crippen molar-refractivity contribution >= 4 is 52.5 Å². The zero-order chi connectivity index (χ0) is 22.6. The van der Waals surface area contributed by atoms with Crippen LogP contribution in [0.4, 0.5) is 14.3 Å². The van der Waals surface area contributed by atoms with Gasteiger partial charge in [0.15, 0.2) is 5.70 Å². The summed E-state index contributed by atoms with van der Waals surface area (Å²) in [6.45, 7) is -2.27. The third kappa shape index (κ3) is 3.14. The topological polar surface area (TPSA) is 54.2 Å². The van der Waals surface area contributed by atoms with Gasteiger partial charge in [-0.2, -0.15) is 0 Å². The van der Waals surface area contributed by atoms with E-state index in [4.69, 9.17) is 5.73 Å². The van der Waals surface area contributed by atoms with Crippen molar-refractivity contribution in [3.8, 4) is 5.75 Å². The summed E-state index contributed by atoms with van der Waals surface area (Å²) in [6.07, 6.45) is 8.02. The Balaban J connectivity index is 1.73. The van der Waals surface area contributed by atoms with Crippen LogP contribution in [0.25, 0.3) is 17.7 Å².